The molecule has 25 heavy (non-hydrogen) atoms. The Morgan fingerprint density at radius 3 is 2.68 bits per heavy atom. The molecule has 2 aliphatic rings. The molecule has 0 bridgehead atoms. The minimum atomic E-state index is 0.251. The van der Waals surface area contributed by atoms with E-state index in [0.29, 0.717) is 16.7 Å². The zero-order valence-corrected chi connectivity index (χ0v) is 15.4. The first kappa shape index (κ1) is 16.4. The van der Waals surface area contributed by atoms with Crippen LogP contribution in [0.4, 0.5) is 0 Å². The van der Waals surface area contributed by atoms with Crippen molar-refractivity contribution in [2.24, 2.45) is 5.73 Å². The van der Waals surface area contributed by atoms with E-state index in [-0.39, 0.29) is 6.79 Å². The lowest BCUT2D eigenvalue weighted by Crippen LogP contribution is -2.45. The number of nitrogens with zero attached hydrogens (tertiary/aromatic N) is 2. The van der Waals surface area contributed by atoms with Gasteiger partial charge in [0.25, 0.3) is 0 Å². The van der Waals surface area contributed by atoms with Crippen molar-refractivity contribution >= 4 is 28.9 Å². The molecule has 5 nitrogen and oxygen atoms in total. The number of thiocarbonyl (C=S) groups is 1. The molecule has 0 aliphatic carbocycles. The van der Waals surface area contributed by atoms with Gasteiger partial charge in [-0.1, -0.05) is 23.7 Å². The van der Waals surface area contributed by atoms with Crippen LogP contribution in [0.25, 0.3) is 11.1 Å². The summed E-state index contributed by atoms with van der Waals surface area (Å²) in [5.41, 5.74) is 10.4. The Labute approximate surface area is 156 Å². The standard InChI is InChI=1S/C18H18ClN3O2S/c1-21-7-6-13-15(9-22(21)18(20)25)14(8-16-17(13)24-10-23-16)11-2-4-12(19)5-3-11/h2-5,8H,6-7,9-10H2,1H3,(H2,20,25). The summed E-state index contributed by atoms with van der Waals surface area (Å²) in [7, 11) is 1.99. The number of benzene rings is 2. The third kappa shape index (κ3) is 2.90. The van der Waals surface area contributed by atoms with Gasteiger partial charge >= 0.3 is 0 Å². The first-order chi connectivity index (χ1) is 12.0. The molecule has 0 aromatic heterocycles. The van der Waals surface area contributed by atoms with Crippen molar-refractivity contribution in [3.8, 4) is 22.6 Å². The Morgan fingerprint density at radius 2 is 1.96 bits per heavy atom. The average molecular weight is 376 g/mol. The van der Waals surface area contributed by atoms with E-state index in [1.807, 2.05) is 42.4 Å². The number of rotatable bonds is 1. The second kappa shape index (κ2) is 6.37. The third-order valence-electron chi connectivity index (χ3n) is 4.70. The molecule has 0 fully saturated rings. The maximum absolute atomic E-state index is 6.05. The van der Waals surface area contributed by atoms with Gasteiger partial charge in [0.05, 0.1) is 6.54 Å². The molecule has 0 saturated carbocycles. The molecule has 2 heterocycles. The molecule has 2 aromatic rings. The lowest BCUT2D eigenvalue weighted by atomic mass is 9.92. The quantitative estimate of drug-likeness (QED) is 0.772. The molecule has 130 valence electrons. The maximum Gasteiger partial charge on any atom is 0.231 e. The molecule has 0 unspecified atom stereocenters. The van der Waals surface area contributed by atoms with Gasteiger partial charge in [-0.25, -0.2) is 5.01 Å². The van der Waals surface area contributed by atoms with Gasteiger partial charge in [-0.05, 0) is 53.5 Å². The van der Waals surface area contributed by atoms with E-state index in [4.69, 9.17) is 39.0 Å². The smallest absolute Gasteiger partial charge is 0.231 e. The second-order valence-corrected chi connectivity index (χ2v) is 7.00. The molecule has 4 rings (SSSR count). The van der Waals surface area contributed by atoms with E-state index in [1.165, 1.54) is 0 Å². The first-order valence-corrected chi connectivity index (χ1v) is 8.81. The van der Waals surface area contributed by atoms with Crippen LogP contribution >= 0.6 is 23.8 Å². The van der Waals surface area contributed by atoms with Crippen molar-refractivity contribution in [1.29, 1.82) is 0 Å². The largest absolute Gasteiger partial charge is 0.454 e. The maximum atomic E-state index is 6.05. The summed E-state index contributed by atoms with van der Waals surface area (Å²) in [5, 5.41) is 5.04. The van der Waals surface area contributed by atoms with Crippen molar-refractivity contribution in [1.82, 2.24) is 10.0 Å². The Kier molecular flexibility index (Phi) is 4.19. The Balaban J connectivity index is 1.91. The zero-order chi connectivity index (χ0) is 17.6. The van der Waals surface area contributed by atoms with Crippen molar-refractivity contribution in [2.45, 2.75) is 13.0 Å². The number of likely N-dealkylation sites (N-methyl/N-ethyl adjacent to an activating group) is 1. The molecular weight excluding hydrogens is 358 g/mol. The van der Waals surface area contributed by atoms with E-state index in [1.54, 1.807) is 0 Å². The Hall–Kier alpha value is -2.02. The fourth-order valence-electron chi connectivity index (χ4n) is 3.39. The van der Waals surface area contributed by atoms with Gasteiger partial charge < -0.3 is 15.2 Å². The summed E-state index contributed by atoms with van der Waals surface area (Å²) < 4.78 is 11.4. The first-order valence-electron chi connectivity index (χ1n) is 8.03. The summed E-state index contributed by atoms with van der Waals surface area (Å²) in [5.74, 6) is 1.63. The summed E-state index contributed by atoms with van der Waals surface area (Å²) >= 11 is 11.3. The summed E-state index contributed by atoms with van der Waals surface area (Å²) in [6, 6.07) is 9.84. The summed E-state index contributed by atoms with van der Waals surface area (Å²) in [4.78, 5) is 0. The van der Waals surface area contributed by atoms with E-state index in [2.05, 4.69) is 5.01 Å². The second-order valence-electron chi connectivity index (χ2n) is 6.15. The Bertz CT molecular complexity index is 841. The molecule has 2 aliphatic heterocycles. The van der Waals surface area contributed by atoms with Crippen LogP contribution in [0, 0.1) is 0 Å². The number of hydrogen-bond acceptors (Lipinski definition) is 4. The number of hydrogen-bond donors (Lipinski definition) is 1. The number of ether oxygens (including phenoxy) is 2. The van der Waals surface area contributed by atoms with Crippen molar-refractivity contribution in [3.63, 3.8) is 0 Å². The van der Waals surface area contributed by atoms with Crippen LogP contribution in [0.2, 0.25) is 5.02 Å². The van der Waals surface area contributed by atoms with Gasteiger partial charge in [0.2, 0.25) is 6.79 Å². The fourth-order valence-corrected chi connectivity index (χ4v) is 3.72. The van der Waals surface area contributed by atoms with Crippen LogP contribution in [0.5, 0.6) is 11.5 Å². The number of fused-ring (bicyclic) bond motifs is 3. The predicted molar refractivity (Wildman–Crippen MR) is 102 cm³/mol. The number of hydrazine groups is 1. The topological polar surface area (TPSA) is 51.0 Å². The van der Waals surface area contributed by atoms with Crippen LogP contribution in [-0.4, -0.2) is 35.5 Å². The normalized spacial score (nSPS) is 16.5. The fraction of sp³-hybridized carbons (Fsp3) is 0.278. The molecule has 2 N–H and O–H groups in total. The Morgan fingerprint density at radius 1 is 1.20 bits per heavy atom. The van der Waals surface area contributed by atoms with Crippen molar-refractivity contribution in [2.75, 3.05) is 20.4 Å². The van der Waals surface area contributed by atoms with Gasteiger partial charge in [0.15, 0.2) is 16.6 Å². The minimum Gasteiger partial charge on any atom is -0.454 e. The molecule has 2 aromatic carbocycles. The van der Waals surface area contributed by atoms with E-state index >= 15 is 0 Å². The highest BCUT2D eigenvalue weighted by Gasteiger charge is 2.29. The number of halogens is 1. The van der Waals surface area contributed by atoms with Crippen LogP contribution < -0.4 is 15.2 Å². The highest BCUT2D eigenvalue weighted by molar-refractivity contribution is 7.80. The zero-order valence-electron chi connectivity index (χ0n) is 13.8. The number of nitrogens with two attached hydrogens (primary N) is 1. The van der Waals surface area contributed by atoms with Crippen LogP contribution in [0.3, 0.4) is 0 Å². The highest BCUT2D eigenvalue weighted by atomic mass is 35.5. The van der Waals surface area contributed by atoms with Crippen molar-refractivity contribution < 1.29 is 9.47 Å². The van der Waals surface area contributed by atoms with Crippen LogP contribution in [-0.2, 0) is 13.0 Å². The van der Waals surface area contributed by atoms with Gasteiger partial charge in [0, 0.05) is 24.2 Å². The molecule has 0 amide bonds. The lowest BCUT2D eigenvalue weighted by molar-refractivity contribution is 0.0780. The molecule has 0 saturated heterocycles. The van der Waals surface area contributed by atoms with E-state index < -0.39 is 0 Å². The summed E-state index contributed by atoms with van der Waals surface area (Å²) in [6.07, 6.45) is 0.831. The average Bonchev–Trinajstić information content (AvgIpc) is 2.98. The predicted octanol–water partition coefficient (Wildman–Crippen LogP) is 3.18. The van der Waals surface area contributed by atoms with Crippen LogP contribution in [0.1, 0.15) is 11.1 Å². The van der Waals surface area contributed by atoms with Gasteiger partial charge in [-0.3, -0.25) is 5.01 Å². The highest BCUT2D eigenvalue weighted by Crippen LogP contribution is 2.44. The molecular formula is C18H18ClN3O2S. The third-order valence-corrected chi connectivity index (χ3v) is 5.16. The van der Waals surface area contributed by atoms with Gasteiger partial charge in [-0.2, -0.15) is 0 Å². The van der Waals surface area contributed by atoms with Crippen molar-refractivity contribution in [3.05, 3.63) is 46.5 Å². The summed E-state index contributed by atoms with van der Waals surface area (Å²) in [6.45, 7) is 1.64. The van der Waals surface area contributed by atoms with Gasteiger partial charge in [-0.15, -0.1) is 0 Å². The van der Waals surface area contributed by atoms with Crippen LogP contribution in [0.15, 0.2) is 30.3 Å². The molecule has 0 atom stereocenters. The molecule has 0 spiro atoms. The molecule has 0 radical (unpaired) electrons. The van der Waals surface area contributed by atoms with Gasteiger partial charge in [0.1, 0.15) is 0 Å². The van der Waals surface area contributed by atoms with E-state index in [9.17, 15) is 0 Å². The lowest BCUT2D eigenvalue weighted by Gasteiger charge is -2.30. The molecule has 7 heteroatoms. The van der Waals surface area contributed by atoms with E-state index in [0.717, 1.165) is 46.7 Å². The SMILES string of the molecule is CN1CCc2c(c(-c3ccc(Cl)cc3)cc3c2OCO3)CN1C(N)=S. The monoisotopic (exact) mass is 375 g/mol. The minimum absolute atomic E-state index is 0.251.